The molecule has 1 aromatic rings. The van der Waals surface area contributed by atoms with E-state index in [4.69, 9.17) is 38.6 Å². The lowest BCUT2D eigenvalue weighted by Crippen LogP contribution is -2.12. The maximum absolute atomic E-state index is 11.3. The van der Waals surface area contributed by atoms with Crippen LogP contribution < -0.4 is 4.74 Å². The monoisotopic (exact) mass is 394 g/mol. The van der Waals surface area contributed by atoms with E-state index in [1.807, 2.05) is 0 Å². The molecular weight excluding hydrogens is 383 g/mol. The highest BCUT2D eigenvalue weighted by Crippen LogP contribution is 2.36. The average molecular weight is 396 g/mol. The highest BCUT2D eigenvalue weighted by Gasteiger charge is 2.17. The Morgan fingerprint density at radius 3 is 2.05 bits per heavy atom. The minimum atomic E-state index is -3.94. The molecule has 0 saturated carbocycles. The minimum absolute atomic E-state index is 0.00706. The van der Waals surface area contributed by atoms with Gasteiger partial charge in [0, 0.05) is 16.4 Å². The van der Waals surface area contributed by atoms with Crippen LogP contribution in [0, 0.1) is 0 Å². The lowest BCUT2D eigenvalue weighted by Gasteiger charge is -2.11. The van der Waals surface area contributed by atoms with E-state index < -0.39 is 18.9 Å². The molecule has 0 aliphatic rings. The highest BCUT2D eigenvalue weighted by atomic mass is 35.7. The van der Waals surface area contributed by atoms with Crippen LogP contribution in [0.5, 0.6) is 5.75 Å². The molecule has 0 bridgehead atoms. The lowest BCUT2D eigenvalue weighted by atomic mass is 10.3. The highest BCUT2D eigenvalue weighted by molar-refractivity contribution is 8.13. The van der Waals surface area contributed by atoms with Crippen LogP contribution in [-0.4, -0.2) is 34.9 Å². The molecule has 0 saturated heterocycles. The predicted molar refractivity (Wildman–Crippen MR) is 83.9 cm³/mol. The van der Waals surface area contributed by atoms with Crippen LogP contribution in [0.3, 0.4) is 0 Å². The molecule has 0 unspecified atom stereocenters. The van der Waals surface area contributed by atoms with Crippen molar-refractivity contribution in [1.82, 2.24) is 0 Å². The van der Waals surface area contributed by atoms with E-state index in [0.29, 0.717) is 0 Å². The Morgan fingerprint density at radius 1 is 1.10 bits per heavy atom. The van der Waals surface area contributed by atoms with E-state index in [9.17, 15) is 16.8 Å². The molecule has 0 aliphatic heterocycles. The molecule has 0 N–H and O–H groups in total. The van der Waals surface area contributed by atoms with Crippen molar-refractivity contribution < 1.29 is 21.6 Å². The van der Waals surface area contributed by atoms with E-state index >= 15 is 0 Å². The minimum Gasteiger partial charge on any atom is -0.490 e. The van der Waals surface area contributed by atoms with E-state index in [2.05, 4.69) is 0 Å². The molecule has 0 spiro atoms. The maximum atomic E-state index is 11.3. The third kappa shape index (κ3) is 5.83. The van der Waals surface area contributed by atoms with Gasteiger partial charge in [0.25, 0.3) is 9.05 Å². The number of hydrogen-bond acceptors (Lipinski definition) is 5. The van der Waals surface area contributed by atoms with Crippen molar-refractivity contribution in [2.24, 2.45) is 0 Å². The Labute approximate surface area is 138 Å². The first-order valence-corrected chi connectivity index (χ1v) is 10.7. The maximum Gasteiger partial charge on any atom is 0.261 e. The van der Waals surface area contributed by atoms with Gasteiger partial charge in [0.1, 0.15) is 9.84 Å². The molecule has 0 amide bonds. The van der Waals surface area contributed by atoms with Gasteiger partial charge < -0.3 is 4.74 Å². The summed E-state index contributed by atoms with van der Waals surface area (Å²) in [6.07, 6.45) is 0.276. The van der Waals surface area contributed by atoms with Gasteiger partial charge in [0.2, 0.25) is 0 Å². The van der Waals surface area contributed by atoms with Gasteiger partial charge in [-0.1, -0.05) is 30.1 Å². The summed E-state index contributed by atoms with van der Waals surface area (Å²) in [6.45, 7) is 1.65. The normalized spacial score (nSPS) is 12.4. The topological polar surface area (TPSA) is 77.5 Å². The summed E-state index contributed by atoms with van der Waals surface area (Å²) in [4.78, 5) is -0.236. The van der Waals surface area contributed by atoms with Crippen LogP contribution >= 0.6 is 33.9 Å². The molecule has 0 heterocycles. The molecular formula is C11H13Cl3O5S2. The van der Waals surface area contributed by atoms with Gasteiger partial charge in [0.15, 0.2) is 5.75 Å². The quantitative estimate of drug-likeness (QED) is 0.523. The molecule has 120 valence electrons. The van der Waals surface area contributed by atoms with Gasteiger partial charge in [-0.15, -0.1) is 0 Å². The second-order valence-electron chi connectivity index (χ2n) is 4.09. The fourth-order valence-corrected chi connectivity index (χ4v) is 3.77. The summed E-state index contributed by atoms with van der Waals surface area (Å²) in [5.74, 6) is 0.153. The van der Waals surface area contributed by atoms with E-state index in [-0.39, 0.29) is 45.2 Å². The van der Waals surface area contributed by atoms with E-state index in [1.165, 1.54) is 0 Å². The van der Waals surface area contributed by atoms with Crippen molar-refractivity contribution in [3.05, 3.63) is 22.2 Å². The Hall–Kier alpha value is -0.210. The molecule has 1 aromatic carbocycles. The van der Waals surface area contributed by atoms with Crippen molar-refractivity contribution in [2.45, 2.75) is 18.2 Å². The van der Waals surface area contributed by atoms with Gasteiger partial charge in [-0.25, -0.2) is 16.8 Å². The van der Waals surface area contributed by atoms with Crippen LogP contribution in [-0.2, 0) is 18.9 Å². The zero-order valence-electron chi connectivity index (χ0n) is 11.0. The number of hydrogen-bond donors (Lipinski definition) is 0. The number of halogens is 3. The van der Waals surface area contributed by atoms with Crippen molar-refractivity contribution in [2.75, 3.05) is 18.1 Å². The van der Waals surface area contributed by atoms with Crippen molar-refractivity contribution in [3.63, 3.8) is 0 Å². The zero-order valence-corrected chi connectivity index (χ0v) is 14.9. The van der Waals surface area contributed by atoms with Crippen molar-refractivity contribution >= 4 is 52.8 Å². The number of benzene rings is 1. The molecule has 1 rings (SSSR count). The van der Waals surface area contributed by atoms with Crippen molar-refractivity contribution in [1.29, 1.82) is 0 Å². The second kappa shape index (κ2) is 7.37. The van der Waals surface area contributed by atoms with E-state index in [1.54, 1.807) is 6.92 Å². The first kappa shape index (κ1) is 18.8. The fourth-order valence-electron chi connectivity index (χ4n) is 1.41. The number of ether oxygens (including phenoxy) is 1. The fraction of sp³-hybridized carbons (Fsp3) is 0.455. The predicted octanol–water partition coefficient (Wildman–Crippen LogP) is 3.12. The average Bonchev–Trinajstić information content (AvgIpc) is 2.35. The van der Waals surface area contributed by atoms with Gasteiger partial charge in [-0.05, 0) is 18.6 Å². The SMILES string of the molecule is CCS(=O)(=O)CCCOc1c(Cl)cc(S(=O)(=O)Cl)cc1Cl. The Balaban J connectivity index is 2.78. The van der Waals surface area contributed by atoms with Gasteiger partial charge in [-0.3, -0.25) is 0 Å². The molecule has 0 atom stereocenters. The third-order valence-corrected chi connectivity index (χ3v) is 6.22. The Bertz CT molecular complexity index is 690. The summed E-state index contributed by atoms with van der Waals surface area (Å²) in [6, 6.07) is 2.24. The molecule has 0 fully saturated rings. The molecule has 0 aliphatic carbocycles. The Morgan fingerprint density at radius 2 is 1.62 bits per heavy atom. The smallest absolute Gasteiger partial charge is 0.261 e. The number of sulfone groups is 1. The summed E-state index contributed by atoms with van der Waals surface area (Å²) < 4.78 is 50.3. The van der Waals surface area contributed by atoms with Crippen LogP contribution in [0.4, 0.5) is 0 Å². The van der Waals surface area contributed by atoms with Crippen LogP contribution in [0.15, 0.2) is 17.0 Å². The van der Waals surface area contributed by atoms with Crippen LogP contribution in [0.2, 0.25) is 10.0 Å². The third-order valence-electron chi connectivity index (χ3n) is 2.54. The molecule has 21 heavy (non-hydrogen) atoms. The molecule has 10 heteroatoms. The number of rotatable bonds is 7. The molecule has 5 nitrogen and oxygen atoms in total. The van der Waals surface area contributed by atoms with Gasteiger partial charge >= 0.3 is 0 Å². The first-order valence-electron chi connectivity index (χ1n) is 5.84. The summed E-state index contributed by atoms with van der Waals surface area (Å²) in [5, 5.41) is -0.0276. The van der Waals surface area contributed by atoms with Gasteiger partial charge in [-0.2, -0.15) is 0 Å². The zero-order chi connectivity index (χ0) is 16.3. The van der Waals surface area contributed by atoms with E-state index in [0.717, 1.165) is 12.1 Å². The first-order chi connectivity index (χ1) is 9.57. The summed E-state index contributed by atoms with van der Waals surface area (Å²) >= 11 is 11.8. The van der Waals surface area contributed by atoms with Crippen LogP contribution in [0.25, 0.3) is 0 Å². The largest absolute Gasteiger partial charge is 0.490 e. The summed E-state index contributed by atoms with van der Waals surface area (Å²) in [7, 11) is -1.81. The molecule has 0 aromatic heterocycles. The summed E-state index contributed by atoms with van der Waals surface area (Å²) in [5.41, 5.74) is 0. The molecule has 0 radical (unpaired) electrons. The van der Waals surface area contributed by atoms with Gasteiger partial charge in [0.05, 0.1) is 27.3 Å². The van der Waals surface area contributed by atoms with Crippen molar-refractivity contribution in [3.8, 4) is 5.75 Å². The standard InChI is InChI=1S/C11H13Cl3O5S2/c1-2-20(15,16)5-3-4-19-11-9(12)6-8(7-10(11)13)21(14,17)18/h6-7H,2-5H2,1H3. The Kier molecular flexibility index (Phi) is 6.61. The van der Waals surface area contributed by atoms with Crippen LogP contribution in [0.1, 0.15) is 13.3 Å². The lowest BCUT2D eigenvalue weighted by molar-refractivity contribution is 0.318. The second-order valence-corrected chi connectivity index (χ2v) is 9.95.